The van der Waals surface area contributed by atoms with Crippen LogP contribution in [-0.2, 0) is 9.53 Å². The van der Waals surface area contributed by atoms with Gasteiger partial charge in [-0.25, -0.2) is 9.79 Å². The molecule has 0 unspecified atom stereocenters. The Morgan fingerprint density at radius 2 is 1.88 bits per heavy atom. The summed E-state index contributed by atoms with van der Waals surface area (Å²) in [5.74, 6) is 0.0723. The van der Waals surface area contributed by atoms with Crippen molar-refractivity contribution >= 4 is 24.0 Å². The fourth-order valence-corrected chi connectivity index (χ4v) is 2.17. The van der Waals surface area contributed by atoms with Crippen LogP contribution in [0.15, 0.2) is 65.3 Å². The highest BCUT2D eigenvalue weighted by Gasteiger charge is 2.21. The van der Waals surface area contributed by atoms with E-state index in [1.165, 1.54) is 13.2 Å². The van der Waals surface area contributed by atoms with Crippen LogP contribution in [0.2, 0.25) is 0 Å². The molecule has 2 aromatic rings. The molecule has 5 heteroatoms. The van der Waals surface area contributed by atoms with Gasteiger partial charge in [-0.1, -0.05) is 36.4 Å². The summed E-state index contributed by atoms with van der Waals surface area (Å²) in [4.78, 5) is 16.1. The van der Waals surface area contributed by atoms with Gasteiger partial charge in [0.1, 0.15) is 0 Å². The van der Waals surface area contributed by atoms with Crippen LogP contribution in [0, 0.1) is 0 Å². The number of nitrogens with zero attached hydrogens (tertiary/aromatic N) is 1. The molecule has 5 nitrogen and oxygen atoms in total. The van der Waals surface area contributed by atoms with Gasteiger partial charge in [-0.05, 0) is 35.4 Å². The number of aliphatic imine (C=N–C) groups is 1. The highest BCUT2D eigenvalue weighted by atomic mass is 16.6. The number of aromatic hydroxyl groups is 1. The summed E-state index contributed by atoms with van der Waals surface area (Å²) in [6.07, 6.45) is 5.04. The molecule has 0 radical (unpaired) electrons. The van der Waals surface area contributed by atoms with E-state index in [1.807, 2.05) is 36.4 Å². The van der Waals surface area contributed by atoms with E-state index in [2.05, 4.69) is 4.99 Å². The number of carbonyl (C=O) groups excluding carboxylic acids is 1. The molecule has 120 valence electrons. The van der Waals surface area contributed by atoms with Gasteiger partial charge in [0.25, 0.3) is 0 Å². The number of benzene rings is 2. The lowest BCUT2D eigenvalue weighted by Crippen LogP contribution is -2.01. The van der Waals surface area contributed by atoms with Crippen LogP contribution in [0.4, 0.5) is 0 Å². The van der Waals surface area contributed by atoms with E-state index in [4.69, 9.17) is 9.47 Å². The summed E-state index contributed by atoms with van der Waals surface area (Å²) in [6.45, 7) is 0. The van der Waals surface area contributed by atoms with Gasteiger partial charge in [-0.2, -0.15) is 0 Å². The third kappa shape index (κ3) is 3.52. The van der Waals surface area contributed by atoms with E-state index < -0.39 is 5.97 Å². The molecule has 0 spiro atoms. The van der Waals surface area contributed by atoms with Gasteiger partial charge in [-0.3, -0.25) is 0 Å². The monoisotopic (exact) mass is 321 g/mol. The minimum Gasteiger partial charge on any atom is -0.504 e. The van der Waals surface area contributed by atoms with Crippen LogP contribution in [0.25, 0.3) is 12.2 Å². The SMILES string of the molecule is COc1cc(C=C2N=C(C=Cc3ccccc3)OC2=O)ccc1O. The molecule has 24 heavy (non-hydrogen) atoms. The molecule has 1 aliphatic rings. The zero-order valence-electron chi connectivity index (χ0n) is 13.0. The molecule has 1 heterocycles. The number of phenolic OH excluding ortho intramolecular Hbond substituents is 1. The van der Waals surface area contributed by atoms with E-state index in [0.29, 0.717) is 11.3 Å². The molecule has 3 rings (SSSR count). The predicted octanol–water partition coefficient (Wildman–Crippen LogP) is 3.41. The minimum atomic E-state index is -0.519. The number of hydrogen-bond acceptors (Lipinski definition) is 5. The second-order valence-electron chi connectivity index (χ2n) is 5.04. The summed E-state index contributed by atoms with van der Waals surface area (Å²) in [6, 6.07) is 14.4. The predicted molar refractivity (Wildman–Crippen MR) is 91.6 cm³/mol. The Bertz CT molecular complexity index is 851. The Labute approximate surface area is 139 Å². The molecule has 0 bridgehead atoms. The lowest BCUT2D eigenvalue weighted by Gasteiger charge is -2.03. The number of carbonyl (C=O) groups is 1. The quantitative estimate of drug-likeness (QED) is 0.692. The van der Waals surface area contributed by atoms with E-state index in [-0.39, 0.29) is 17.3 Å². The minimum absolute atomic E-state index is 0.0311. The number of rotatable bonds is 4. The molecule has 0 saturated heterocycles. The molecule has 1 aliphatic heterocycles. The molecule has 0 fully saturated rings. The maximum atomic E-state index is 11.9. The van der Waals surface area contributed by atoms with Crippen LogP contribution in [0.5, 0.6) is 11.5 Å². The Morgan fingerprint density at radius 1 is 1.08 bits per heavy atom. The molecule has 0 amide bonds. The molecule has 0 saturated carbocycles. The highest BCUT2D eigenvalue weighted by molar-refractivity contribution is 6.11. The normalized spacial score (nSPS) is 15.6. The van der Waals surface area contributed by atoms with Crippen molar-refractivity contribution in [2.45, 2.75) is 0 Å². The van der Waals surface area contributed by atoms with Crippen LogP contribution < -0.4 is 4.74 Å². The Kier molecular flexibility index (Phi) is 4.43. The smallest absolute Gasteiger partial charge is 0.363 e. The van der Waals surface area contributed by atoms with Crippen molar-refractivity contribution in [2.75, 3.05) is 7.11 Å². The Balaban J connectivity index is 1.82. The van der Waals surface area contributed by atoms with E-state index in [0.717, 1.165) is 5.56 Å². The summed E-state index contributed by atoms with van der Waals surface area (Å²) >= 11 is 0. The topological polar surface area (TPSA) is 68.1 Å². The second-order valence-corrected chi connectivity index (χ2v) is 5.04. The molecule has 0 atom stereocenters. The standard InChI is InChI=1S/C19H15NO4/c1-23-17-12-14(7-9-16(17)21)11-15-19(22)24-18(20-15)10-8-13-5-3-2-4-6-13/h2-12,21H,1H3. The van der Waals surface area contributed by atoms with E-state index in [1.54, 1.807) is 24.3 Å². The van der Waals surface area contributed by atoms with Crippen LogP contribution >= 0.6 is 0 Å². The van der Waals surface area contributed by atoms with E-state index in [9.17, 15) is 9.90 Å². The number of ether oxygens (including phenoxy) is 2. The first-order chi connectivity index (χ1) is 11.7. The van der Waals surface area contributed by atoms with Crippen LogP contribution in [-0.4, -0.2) is 24.1 Å². The molecule has 0 aromatic heterocycles. The lowest BCUT2D eigenvalue weighted by molar-refractivity contribution is -0.129. The van der Waals surface area contributed by atoms with Crippen molar-refractivity contribution in [3.8, 4) is 11.5 Å². The lowest BCUT2D eigenvalue weighted by atomic mass is 10.1. The zero-order chi connectivity index (χ0) is 16.9. The molecular formula is C19H15NO4. The van der Waals surface area contributed by atoms with Crippen molar-refractivity contribution in [3.05, 3.63) is 71.4 Å². The largest absolute Gasteiger partial charge is 0.504 e. The Hall–Kier alpha value is -3.34. The van der Waals surface area contributed by atoms with Crippen molar-refractivity contribution in [3.63, 3.8) is 0 Å². The first kappa shape index (κ1) is 15.6. The highest BCUT2D eigenvalue weighted by Crippen LogP contribution is 2.28. The van der Waals surface area contributed by atoms with Gasteiger partial charge in [0.05, 0.1) is 7.11 Å². The number of phenols is 1. The number of hydrogen-bond donors (Lipinski definition) is 1. The van der Waals surface area contributed by atoms with Gasteiger partial charge in [0.2, 0.25) is 5.90 Å². The number of esters is 1. The van der Waals surface area contributed by atoms with Crippen molar-refractivity contribution in [2.24, 2.45) is 4.99 Å². The third-order valence-corrected chi connectivity index (χ3v) is 3.36. The van der Waals surface area contributed by atoms with Gasteiger partial charge >= 0.3 is 5.97 Å². The number of methoxy groups -OCH3 is 1. The summed E-state index contributed by atoms with van der Waals surface area (Å²) in [5.41, 5.74) is 1.85. The van der Waals surface area contributed by atoms with E-state index >= 15 is 0 Å². The molecular weight excluding hydrogens is 306 g/mol. The van der Waals surface area contributed by atoms with Gasteiger partial charge in [0.15, 0.2) is 17.2 Å². The summed E-state index contributed by atoms with van der Waals surface area (Å²) < 4.78 is 10.2. The number of cyclic esters (lactones) is 1. The fraction of sp³-hybridized carbons (Fsp3) is 0.0526. The van der Waals surface area contributed by atoms with Gasteiger partial charge in [-0.15, -0.1) is 0 Å². The summed E-state index contributed by atoms with van der Waals surface area (Å²) in [7, 11) is 1.46. The van der Waals surface area contributed by atoms with Gasteiger partial charge in [0, 0.05) is 6.08 Å². The first-order valence-corrected chi connectivity index (χ1v) is 7.28. The maximum absolute atomic E-state index is 11.9. The van der Waals surface area contributed by atoms with Crippen LogP contribution in [0.1, 0.15) is 11.1 Å². The zero-order valence-corrected chi connectivity index (χ0v) is 13.0. The fourth-order valence-electron chi connectivity index (χ4n) is 2.17. The first-order valence-electron chi connectivity index (χ1n) is 7.28. The van der Waals surface area contributed by atoms with Crippen molar-refractivity contribution < 1.29 is 19.4 Å². The molecule has 1 N–H and O–H groups in total. The Morgan fingerprint density at radius 3 is 2.62 bits per heavy atom. The molecule has 0 aliphatic carbocycles. The molecule has 2 aromatic carbocycles. The maximum Gasteiger partial charge on any atom is 0.363 e. The van der Waals surface area contributed by atoms with Crippen molar-refractivity contribution in [1.82, 2.24) is 0 Å². The third-order valence-electron chi connectivity index (χ3n) is 3.36. The summed E-state index contributed by atoms with van der Waals surface area (Å²) in [5, 5.41) is 9.59. The average molecular weight is 321 g/mol. The van der Waals surface area contributed by atoms with Gasteiger partial charge < -0.3 is 14.6 Å². The van der Waals surface area contributed by atoms with Crippen molar-refractivity contribution in [1.29, 1.82) is 0 Å². The second kappa shape index (κ2) is 6.83. The van der Waals surface area contributed by atoms with Crippen LogP contribution in [0.3, 0.4) is 0 Å². The average Bonchev–Trinajstić information content (AvgIpc) is 2.95.